The first-order chi connectivity index (χ1) is 10.2. The molecule has 0 atom stereocenters. The quantitative estimate of drug-likeness (QED) is 0.573. The van der Waals surface area contributed by atoms with Crippen LogP contribution in [0.5, 0.6) is 0 Å². The summed E-state index contributed by atoms with van der Waals surface area (Å²) in [4.78, 5) is 23.5. The highest BCUT2D eigenvalue weighted by Gasteiger charge is 2.11. The van der Waals surface area contributed by atoms with Crippen LogP contribution >= 0.6 is 0 Å². The van der Waals surface area contributed by atoms with E-state index >= 15 is 0 Å². The molecule has 0 N–H and O–H groups in total. The van der Waals surface area contributed by atoms with Crippen LogP contribution < -0.4 is 0 Å². The predicted octanol–water partition coefficient (Wildman–Crippen LogP) is 4.36. The molecule has 1 saturated carbocycles. The third kappa shape index (κ3) is 5.90. The Kier molecular flexibility index (Phi) is 6.14. The zero-order valence-electron chi connectivity index (χ0n) is 12.3. The minimum Gasteiger partial charge on any atom is -0.294 e. The Morgan fingerprint density at radius 1 is 0.952 bits per heavy atom. The Morgan fingerprint density at radius 3 is 2.33 bits per heavy atom. The van der Waals surface area contributed by atoms with Crippen molar-refractivity contribution in [3.63, 3.8) is 0 Å². The molecular weight excluding hydrogens is 260 g/mol. The van der Waals surface area contributed by atoms with Crippen LogP contribution in [-0.2, 0) is 9.59 Å². The van der Waals surface area contributed by atoms with Gasteiger partial charge in [0.15, 0.2) is 11.6 Å². The van der Waals surface area contributed by atoms with Crippen LogP contribution in [-0.4, -0.2) is 11.6 Å². The number of hydrogen-bond acceptors (Lipinski definition) is 2. The summed E-state index contributed by atoms with van der Waals surface area (Å²) in [5, 5.41) is 0. The molecule has 110 valence electrons. The normalized spacial score (nSPS) is 16.6. The SMILES string of the molecule is O=C(C=Cc1ccccc1)CC(=O)C=CC1CCCCC1. The lowest BCUT2D eigenvalue weighted by Gasteiger charge is -2.17. The number of benzene rings is 1. The molecule has 0 radical (unpaired) electrons. The average Bonchev–Trinajstić information content (AvgIpc) is 2.53. The van der Waals surface area contributed by atoms with Crippen molar-refractivity contribution in [1.82, 2.24) is 0 Å². The van der Waals surface area contributed by atoms with E-state index in [-0.39, 0.29) is 18.0 Å². The minimum atomic E-state index is -0.142. The van der Waals surface area contributed by atoms with Crippen molar-refractivity contribution in [3.8, 4) is 0 Å². The second kappa shape index (κ2) is 8.35. The molecule has 1 fully saturated rings. The Balaban J connectivity index is 1.78. The minimum absolute atomic E-state index is 0.0352. The lowest BCUT2D eigenvalue weighted by Crippen LogP contribution is -2.06. The summed E-state index contributed by atoms with van der Waals surface area (Å²) in [5.41, 5.74) is 0.969. The van der Waals surface area contributed by atoms with Gasteiger partial charge in [-0.1, -0.05) is 61.7 Å². The van der Waals surface area contributed by atoms with Gasteiger partial charge in [0, 0.05) is 0 Å². The van der Waals surface area contributed by atoms with Crippen molar-refractivity contribution < 1.29 is 9.59 Å². The summed E-state index contributed by atoms with van der Waals surface area (Å²) in [6.45, 7) is 0. The molecule has 0 saturated heterocycles. The van der Waals surface area contributed by atoms with E-state index in [0.29, 0.717) is 5.92 Å². The van der Waals surface area contributed by atoms with Gasteiger partial charge in [-0.15, -0.1) is 0 Å². The van der Waals surface area contributed by atoms with E-state index in [9.17, 15) is 9.59 Å². The Hall–Kier alpha value is -1.96. The molecule has 1 aromatic carbocycles. The molecule has 0 aromatic heterocycles. The van der Waals surface area contributed by atoms with E-state index < -0.39 is 0 Å². The fourth-order valence-electron chi connectivity index (χ4n) is 2.61. The fraction of sp³-hybridized carbons (Fsp3) is 0.368. The van der Waals surface area contributed by atoms with Gasteiger partial charge in [0.2, 0.25) is 0 Å². The van der Waals surface area contributed by atoms with E-state index in [4.69, 9.17) is 0 Å². The molecule has 21 heavy (non-hydrogen) atoms. The average molecular weight is 282 g/mol. The molecule has 2 rings (SSSR count). The number of hydrogen-bond donors (Lipinski definition) is 0. The van der Waals surface area contributed by atoms with E-state index in [2.05, 4.69) is 0 Å². The molecule has 2 nitrogen and oxygen atoms in total. The van der Waals surface area contributed by atoms with Crippen LogP contribution in [0.15, 0.2) is 48.6 Å². The molecule has 1 aromatic rings. The van der Waals surface area contributed by atoms with E-state index in [1.807, 2.05) is 36.4 Å². The molecule has 0 bridgehead atoms. The highest BCUT2D eigenvalue weighted by Crippen LogP contribution is 2.24. The van der Waals surface area contributed by atoms with Gasteiger partial charge in [-0.2, -0.15) is 0 Å². The molecule has 0 spiro atoms. The second-order valence-electron chi connectivity index (χ2n) is 5.61. The van der Waals surface area contributed by atoms with Crippen LogP contribution in [0.4, 0.5) is 0 Å². The van der Waals surface area contributed by atoms with E-state index in [1.54, 1.807) is 12.2 Å². The summed E-state index contributed by atoms with van der Waals surface area (Å²) in [7, 11) is 0. The third-order valence-electron chi connectivity index (χ3n) is 3.81. The van der Waals surface area contributed by atoms with Crippen LogP contribution in [0.25, 0.3) is 6.08 Å². The first-order valence-corrected chi connectivity index (χ1v) is 7.71. The standard InChI is InChI=1S/C19H22O2/c20-18(13-11-16-7-3-1-4-8-16)15-19(21)14-12-17-9-5-2-6-10-17/h1,3-4,7-8,11-14,17H,2,5-6,9-10,15H2. The van der Waals surface area contributed by atoms with Crippen LogP contribution in [0.3, 0.4) is 0 Å². The molecule has 1 aliphatic rings. The number of allylic oxidation sites excluding steroid dienone is 3. The smallest absolute Gasteiger partial charge is 0.163 e. The van der Waals surface area contributed by atoms with Crippen molar-refractivity contribution >= 4 is 17.6 Å². The van der Waals surface area contributed by atoms with Gasteiger partial charge < -0.3 is 0 Å². The van der Waals surface area contributed by atoms with Crippen LogP contribution in [0, 0.1) is 5.92 Å². The van der Waals surface area contributed by atoms with Crippen molar-refractivity contribution in [2.45, 2.75) is 38.5 Å². The van der Waals surface area contributed by atoms with Gasteiger partial charge in [0.25, 0.3) is 0 Å². The summed E-state index contributed by atoms with van der Waals surface area (Å²) >= 11 is 0. The van der Waals surface area contributed by atoms with Crippen LogP contribution in [0.2, 0.25) is 0 Å². The first-order valence-electron chi connectivity index (χ1n) is 7.71. The Labute approximate surface area is 126 Å². The van der Waals surface area contributed by atoms with Crippen molar-refractivity contribution in [2.75, 3.05) is 0 Å². The van der Waals surface area contributed by atoms with Crippen molar-refractivity contribution in [2.24, 2.45) is 5.92 Å². The summed E-state index contributed by atoms with van der Waals surface area (Å²) in [6, 6.07) is 9.62. The number of carbonyl (C=O) groups excluding carboxylic acids is 2. The Bertz CT molecular complexity index is 520. The molecule has 0 aliphatic heterocycles. The van der Waals surface area contributed by atoms with E-state index in [1.165, 1.54) is 38.2 Å². The molecule has 0 heterocycles. The summed E-state index contributed by atoms with van der Waals surface area (Å²) < 4.78 is 0. The molecule has 2 heteroatoms. The number of ketones is 2. The molecule has 0 unspecified atom stereocenters. The van der Waals surface area contributed by atoms with Crippen molar-refractivity contribution in [1.29, 1.82) is 0 Å². The van der Waals surface area contributed by atoms with Gasteiger partial charge in [0.1, 0.15) is 0 Å². The third-order valence-corrected chi connectivity index (χ3v) is 3.81. The summed E-state index contributed by atoms with van der Waals surface area (Å²) in [5.74, 6) is 0.290. The van der Waals surface area contributed by atoms with E-state index in [0.717, 1.165) is 5.56 Å². The second-order valence-corrected chi connectivity index (χ2v) is 5.61. The van der Waals surface area contributed by atoms with Gasteiger partial charge in [-0.3, -0.25) is 9.59 Å². The zero-order valence-corrected chi connectivity index (χ0v) is 12.3. The van der Waals surface area contributed by atoms with Gasteiger partial charge >= 0.3 is 0 Å². The van der Waals surface area contributed by atoms with Crippen LogP contribution in [0.1, 0.15) is 44.1 Å². The zero-order chi connectivity index (χ0) is 14.9. The van der Waals surface area contributed by atoms with Crippen molar-refractivity contribution in [3.05, 3.63) is 54.1 Å². The predicted molar refractivity (Wildman–Crippen MR) is 85.8 cm³/mol. The van der Waals surface area contributed by atoms with Gasteiger partial charge in [-0.05, 0) is 36.5 Å². The van der Waals surface area contributed by atoms with Gasteiger partial charge in [0.05, 0.1) is 6.42 Å². The highest BCUT2D eigenvalue weighted by molar-refractivity contribution is 6.09. The molecular formula is C19H22O2. The van der Waals surface area contributed by atoms with Gasteiger partial charge in [-0.25, -0.2) is 0 Å². The first kappa shape index (κ1) is 15.4. The number of carbonyl (C=O) groups is 2. The maximum absolute atomic E-state index is 11.8. The lowest BCUT2D eigenvalue weighted by molar-refractivity contribution is -0.121. The maximum Gasteiger partial charge on any atom is 0.163 e. The Morgan fingerprint density at radius 2 is 1.62 bits per heavy atom. The highest BCUT2D eigenvalue weighted by atomic mass is 16.1. The fourth-order valence-corrected chi connectivity index (χ4v) is 2.61. The summed E-state index contributed by atoms with van der Waals surface area (Å²) in [6.07, 6.45) is 13.0. The monoisotopic (exact) mass is 282 g/mol. The topological polar surface area (TPSA) is 34.1 Å². The molecule has 1 aliphatic carbocycles. The largest absolute Gasteiger partial charge is 0.294 e. The maximum atomic E-state index is 11.8. The lowest BCUT2D eigenvalue weighted by atomic mass is 9.89. The number of rotatable bonds is 6. The molecule has 0 amide bonds.